The number of hydrogen-bond donors (Lipinski definition) is 1. The molecule has 1 saturated heterocycles. The summed E-state index contributed by atoms with van der Waals surface area (Å²) in [7, 11) is 1.61. The highest BCUT2D eigenvalue weighted by Gasteiger charge is 2.24. The molecule has 2 rings (SSSR count). The number of amides is 2. The average Bonchev–Trinajstić information content (AvgIpc) is 2.55. The van der Waals surface area contributed by atoms with E-state index in [0.717, 1.165) is 25.0 Å². The summed E-state index contributed by atoms with van der Waals surface area (Å²) in [4.78, 5) is 25.9. The Kier molecular flexibility index (Phi) is 5.81. The van der Waals surface area contributed by atoms with E-state index in [1.807, 2.05) is 11.8 Å². The number of hydrogen-bond acceptors (Lipinski definition) is 3. The fourth-order valence-corrected chi connectivity index (χ4v) is 2.67. The van der Waals surface area contributed by atoms with E-state index >= 15 is 0 Å². The Bertz CT molecular complexity index is 505. The van der Waals surface area contributed by atoms with Gasteiger partial charge in [-0.25, -0.2) is 0 Å². The van der Waals surface area contributed by atoms with Crippen molar-refractivity contribution in [2.45, 2.75) is 38.6 Å². The molecule has 120 valence electrons. The van der Waals surface area contributed by atoms with Crippen molar-refractivity contribution in [1.82, 2.24) is 10.2 Å². The summed E-state index contributed by atoms with van der Waals surface area (Å²) in [5.74, 6) is 0.900. The summed E-state index contributed by atoms with van der Waals surface area (Å²) in [6, 6.07) is 7.36. The molecule has 0 atom stereocenters. The molecule has 0 bridgehead atoms. The largest absolute Gasteiger partial charge is 0.497 e. The van der Waals surface area contributed by atoms with Gasteiger partial charge < -0.3 is 15.0 Å². The lowest BCUT2D eigenvalue weighted by molar-refractivity contribution is -0.122. The molecule has 1 aromatic rings. The van der Waals surface area contributed by atoms with Gasteiger partial charge in [0.25, 0.3) is 5.91 Å². The first kappa shape index (κ1) is 16.3. The fraction of sp³-hybridized carbons (Fsp3) is 0.529. The van der Waals surface area contributed by atoms with Crippen LogP contribution in [0.5, 0.6) is 5.75 Å². The predicted octanol–water partition coefficient (Wildman–Crippen LogP) is 2.22. The third kappa shape index (κ3) is 4.23. The molecule has 5 nitrogen and oxygen atoms in total. The van der Waals surface area contributed by atoms with Crippen molar-refractivity contribution in [3.63, 3.8) is 0 Å². The molecule has 1 aliphatic heterocycles. The SMILES string of the molecule is CCCC(=O)NC1CCN(C(=O)c2ccc(OC)cc2)CC1. The summed E-state index contributed by atoms with van der Waals surface area (Å²) >= 11 is 0. The topological polar surface area (TPSA) is 58.6 Å². The van der Waals surface area contributed by atoms with Crippen molar-refractivity contribution in [3.05, 3.63) is 29.8 Å². The average molecular weight is 304 g/mol. The molecule has 0 aliphatic carbocycles. The van der Waals surface area contributed by atoms with Crippen LogP contribution in [0.2, 0.25) is 0 Å². The van der Waals surface area contributed by atoms with Crippen molar-refractivity contribution in [2.75, 3.05) is 20.2 Å². The smallest absolute Gasteiger partial charge is 0.253 e. The van der Waals surface area contributed by atoms with E-state index in [4.69, 9.17) is 4.74 Å². The molecule has 0 radical (unpaired) electrons. The lowest BCUT2D eigenvalue weighted by Crippen LogP contribution is -2.46. The lowest BCUT2D eigenvalue weighted by atomic mass is 10.0. The van der Waals surface area contributed by atoms with Crippen LogP contribution < -0.4 is 10.1 Å². The summed E-state index contributed by atoms with van der Waals surface area (Å²) in [5.41, 5.74) is 0.675. The van der Waals surface area contributed by atoms with Crippen LogP contribution in [-0.2, 0) is 4.79 Å². The maximum atomic E-state index is 12.4. The molecule has 1 aromatic carbocycles. The van der Waals surface area contributed by atoms with Crippen LogP contribution >= 0.6 is 0 Å². The first-order valence-electron chi connectivity index (χ1n) is 7.86. The van der Waals surface area contributed by atoms with Crippen molar-refractivity contribution < 1.29 is 14.3 Å². The highest BCUT2D eigenvalue weighted by Crippen LogP contribution is 2.17. The van der Waals surface area contributed by atoms with Gasteiger partial charge in [0.2, 0.25) is 5.91 Å². The fourth-order valence-electron chi connectivity index (χ4n) is 2.67. The Morgan fingerprint density at radius 1 is 1.23 bits per heavy atom. The van der Waals surface area contributed by atoms with E-state index in [0.29, 0.717) is 25.1 Å². The molecule has 1 N–H and O–H groups in total. The number of piperidine rings is 1. The second-order valence-electron chi connectivity index (χ2n) is 5.61. The van der Waals surface area contributed by atoms with Crippen LogP contribution in [-0.4, -0.2) is 43.0 Å². The Labute approximate surface area is 131 Å². The highest BCUT2D eigenvalue weighted by atomic mass is 16.5. The zero-order valence-corrected chi connectivity index (χ0v) is 13.3. The zero-order chi connectivity index (χ0) is 15.9. The minimum Gasteiger partial charge on any atom is -0.497 e. The second-order valence-corrected chi connectivity index (χ2v) is 5.61. The summed E-state index contributed by atoms with van der Waals surface area (Å²) in [5, 5.41) is 3.04. The van der Waals surface area contributed by atoms with Crippen LogP contribution in [0.15, 0.2) is 24.3 Å². The quantitative estimate of drug-likeness (QED) is 0.907. The third-order valence-corrected chi connectivity index (χ3v) is 3.96. The molecule has 1 aliphatic rings. The summed E-state index contributed by atoms with van der Waals surface area (Å²) in [6.45, 7) is 3.36. The van der Waals surface area contributed by atoms with E-state index < -0.39 is 0 Å². The van der Waals surface area contributed by atoms with E-state index in [-0.39, 0.29) is 17.9 Å². The maximum absolute atomic E-state index is 12.4. The van der Waals surface area contributed by atoms with Gasteiger partial charge in [-0.3, -0.25) is 9.59 Å². The van der Waals surface area contributed by atoms with Gasteiger partial charge in [-0.05, 0) is 43.5 Å². The molecule has 22 heavy (non-hydrogen) atoms. The van der Waals surface area contributed by atoms with Crippen LogP contribution in [0.1, 0.15) is 43.0 Å². The molecular formula is C17H24N2O3. The Balaban J connectivity index is 1.85. The highest BCUT2D eigenvalue weighted by molar-refractivity contribution is 5.94. The van der Waals surface area contributed by atoms with Gasteiger partial charge in [0.1, 0.15) is 5.75 Å². The third-order valence-electron chi connectivity index (χ3n) is 3.96. The number of methoxy groups -OCH3 is 1. The Morgan fingerprint density at radius 2 is 1.86 bits per heavy atom. The first-order valence-corrected chi connectivity index (χ1v) is 7.86. The summed E-state index contributed by atoms with van der Waals surface area (Å²) in [6.07, 6.45) is 3.07. The van der Waals surface area contributed by atoms with E-state index in [1.165, 1.54) is 0 Å². The molecular weight excluding hydrogens is 280 g/mol. The van der Waals surface area contributed by atoms with Gasteiger partial charge in [0.15, 0.2) is 0 Å². The number of nitrogens with one attached hydrogen (secondary N) is 1. The van der Waals surface area contributed by atoms with Gasteiger partial charge in [-0.1, -0.05) is 6.92 Å². The van der Waals surface area contributed by atoms with Crippen molar-refractivity contribution >= 4 is 11.8 Å². The molecule has 0 aromatic heterocycles. The standard InChI is InChI=1S/C17H24N2O3/c1-3-4-16(20)18-14-9-11-19(12-10-14)17(21)13-5-7-15(22-2)8-6-13/h5-8,14H,3-4,9-12H2,1-2H3,(H,18,20). The van der Waals surface area contributed by atoms with Gasteiger partial charge in [-0.15, -0.1) is 0 Å². The molecule has 2 amide bonds. The van der Waals surface area contributed by atoms with E-state index in [1.54, 1.807) is 31.4 Å². The molecule has 1 heterocycles. The number of nitrogens with zero attached hydrogens (tertiary/aromatic N) is 1. The van der Waals surface area contributed by atoms with E-state index in [2.05, 4.69) is 5.32 Å². The van der Waals surface area contributed by atoms with Gasteiger partial charge in [-0.2, -0.15) is 0 Å². The van der Waals surface area contributed by atoms with Crippen LogP contribution in [0.3, 0.4) is 0 Å². The maximum Gasteiger partial charge on any atom is 0.253 e. The second kappa shape index (κ2) is 7.82. The normalized spacial score (nSPS) is 15.5. The number of carbonyl (C=O) groups excluding carboxylic acids is 2. The first-order chi connectivity index (χ1) is 10.6. The number of rotatable bonds is 5. The Hall–Kier alpha value is -2.04. The van der Waals surface area contributed by atoms with Gasteiger partial charge in [0.05, 0.1) is 7.11 Å². The minimum absolute atomic E-state index is 0.0426. The number of likely N-dealkylation sites (tertiary alicyclic amines) is 1. The van der Waals surface area contributed by atoms with Crippen molar-refractivity contribution in [1.29, 1.82) is 0 Å². The van der Waals surface area contributed by atoms with Gasteiger partial charge >= 0.3 is 0 Å². The minimum atomic E-state index is 0.0426. The molecule has 5 heteroatoms. The number of ether oxygens (including phenoxy) is 1. The molecule has 0 spiro atoms. The van der Waals surface area contributed by atoms with E-state index in [9.17, 15) is 9.59 Å². The van der Waals surface area contributed by atoms with Crippen molar-refractivity contribution in [2.24, 2.45) is 0 Å². The lowest BCUT2D eigenvalue weighted by Gasteiger charge is -2.32. The Morgan fingerprint density at radius 3 is 2.41 bits per heavy atom. The van der Waals surface area contributed by atoms with Crippen molar-refractivity contribution in [3.8, 4) is 5.75 Å². The zero-order valence-electron chi connectivity index (χ0n) is 13.3. The monoisotopic (exact) mass is 304 g/mol. The predicted molar refractivity (Wildman–Crippen MR) is 85.0 cm³/mol. The van der Waals surface area contributed by atoms with Crippen LogP contribution in [0.25, 0.3) is 0 Å². The van der Waals surface area contributed by atoms with Gasteiger partial charge in [0, 0.05) is 31.1 Å². The summed E-state index contributed by atoms with van der Waals surface area (Å²) < 4.78 is 5.10. The molecule has 0 unspecified atom stereocenters. The number of carbonyl (C=O) groups is 2. The molecule has 0 saturated carbocycles. The van der Waals surface area contributed by atoms with Crippen LogP contribution in [0.4, 0.5) is 0 Å². The molecule has 1 fully saturated rings. The number of benzene rings is 1. The van der Waals surface area contributed by atoms with Crippen LogP contribution in [0, 0.1) is 0 Å².